The lowest BCUT2D eigenvalue weighted by Gasteiger charge is -2.18. The molecule has 66 heavy (non-hydrogen) atoms. The first-order chi connectivity index (χ1) is 32.5. The Morgan fingerprint density at radius 2 is 0.606 bits per heavy atom. The summed E-state index contributed by atoms with van der Waals surface area (Å²) in [7, 11) is 0. The van der Waals surface area contributed by atoms with Gasteiger partial charge in [-0.3, -0.25) is 14.4 Å². The van der Waals surface area contributed by atoms with Crippen molar-refractivity contribution in [3.05, 3.63) is 60.8 Å². The van der Waals surface area contributed by atoms with E-state index in [9.17, 15) is 14.4 Å². The largest absolute Gasteiger partial charge is 0.462 e. The van der Waals surface area contributed by atoms with Crippen LogP contribution in [0.25, 0.3) is 0 Å². The molecule has 0 spiro atoms. The average Bonchev–Trinajstić information content (AvgIpc) is 3.31. The molecule has 0 aromatic rings. The van der Waals surface area contributed by atoms with E-state index in [1.54, 1.807) is 0 Å². The molecule has 1 unspecified atom stereocenters. The minimum absolute atomic E-state index is 0.0913. The van der Waals surface area contributed by atoms with Crippen LogP contribution in [0.1, 0.15) is 284 Å². The summed E-state index contributed by atoms with van der Waals surface area (Å²) in [4.78, 5) is 38.0. The highest BCUT2D eigenvalue weighted by atomic mass is 16.6. The van der Waals surface area contributed by atoms with E-state index in [2.05, 4.69) is 81.5 Å². The average molecular weight is 924 g/mol. The predicted octanol–water partition coefficient (Wildman–Crippen LogP) is 18.8. The van der Waals surface area contributed by atoms with Crippen LogP contribution in [0, 0.1) is 0 Å². The maximum absolute atomic E-state index is 12.8. The second-order valence-electron chi connectivity index (χ2n) is 18.8. The van der Waals surface area contributed by atoms with Gasteiger partial charge in [-0.15, -0.1) is 0 Å². The molecule has 1 atom stereocenters. The maximum Gasteiger partial charge on any atom is 0.306 e. The molecule has 0 aliphatic rings. The lowest BCUT2D eigenvalue weighted by molar-refractivity contribution is -0.167. The van der Waals surface area contributed by atoms with Gasteiger partial charge in [-0.25, -0.2) is 0 Å². The summed E-state index contributed by atoms with van der Waals surface area (Å²) in [5.41, 5.74) is 0. The zero-order valence-corrected chi connectivity index (χ0v) is 43.7. The van der Waals surface area contributed by atoms with Gasteiger partial charge in [0.05, 0.1) is 0 Å². The van der Waals surface area contributed by atoms with Gasteiger partial charge in [-0.1, -0.05) is 248 Å². The van der Waals surface area contributed by atoms with Crippen LogP contribution in [0.3, 0.4) is 0 Å². The lowest BCUT2D eigenvalue weighted by Crippen LogP contribution is -2.30. The molecule has 0 saturated heterocycles. The topological polar surface area (TPSA) is 78.9 Å². The third-order valence-electron chi connectivity index (χ3n) is 12.3. The molecule has 0 bridgehead atoms. The number of ether oxygens (including phenoxy) is 3. The number of allylic oxidation sites excluding steroid dienone is 10. The summed E-state index contributed by atoms with van der Waals surface area (Å²) in [6.45, 7) is 6.47. The SMILES string of the molecule is CC/C=C\C/C=C\C/C=C\C/C=C\CCCCC(=O)OC(COC(=O)CCCCCCC/C=C\CCCC)COC(=O)CCCCCCCCCCCCCCCCCCCCCCCC. The van der Waals surface area contributed by atoms with E-state index >= 15 is 0 Å². The fourth-order valence-corrected chi connectivity index (χ4v) is 8.00. The first kappa shape index (κ1) is 63.1. The van der Waals surface area contributed by atoms with Gasteiger partial charge in [0.2, 0.25) is 0 Å². The van der Waals surface area contributed by atoms with E-state index < -0.39 is 6.10 Å². The van der Waals surface area contributed by atoms with Crippen molar-refractivity contribution in [1.82, 2.24) is 0 Å². The molecule has 0 radical (unpaired) electrons. The summed E-state index contributed by atoms with van der Waals surface area (Å²) in [6, 6.07) is 0. The van der Waals surface area contributed by atoms with Crippen molar-refractivity contribution in [1.29, 1.82) is 0 Å². The monoisotopic (exact) mass is 923 g/mol. The molecule has 0 fully saturated rings. The Kier molecular flexibility index (Phi) is 52.3. The Morgan fingerprint density at radius 3 is 1.02 bits per heavy atom. The van der Waals surface area contributed by atoms with Crippen LogP contribution in [0.2, 0.25) is 0 Å². The number of hydrogen-bond acceptors (Lipinski definition) is 6. The number of unbranched alkanes of at least 4 members (excludes halogenated alkanes) is 30. The minimum Gasteiger partial charge on any atom is -0.462 e. The molecule has 0 rings (SSSR count). The number of esters is 3. The highest BCUT2D eigenvalue weighted by molar-refractivity contribution is 5.71. The van der Waals surface area contributed by atoms with Gasteiger partial charge < -0.3 is 14.2 Å². The van der Waals surface area contributed by atoms with Crippen molar-refractivity contribution < 1.29 is 28.6 Å². The quantitative estimate of drug-likeness (QED) is 0.0262. The highest BCUT2D eigenvalue weighted by Crippen LogP contribution is 2.16. The number of carbonyl (C=O) groups excluding carboxylic acids is 3. The van der Waals surface area contributed by atoms with Crippen molar-refractivity contribution in [2.75, 3.05) is 13.2 Å². The van der Waals surface area contributed by atoms with Gasteiger partial charge in [0.1, 0.15) is 13.2 Å². The van der Waals surface area contributed by atoms with Gasteiger partial charge in [-0.2, -0.15) is 0 Å². The molecular weight excluding hydrogens is 817 g/mol. The Hall–Kier alpha value is -2.89. The summed E-state index contributed by atoms with van der Waals surface area (Å²) >= 11 is 0. The van der Waals surface area contributed by atoms with Crippen molar-refractivity contribution in [2.24, 2.45) is 0 Å². The van der Waals surface area contributed by atoms with Crippen LogP contribution in [0.4, 0.5) is 0 Å². The predicted molar refractivity (Wildman–Crippen MR) is 284 cm³/mol. The van der Waals surface area contributed by atoms with Crippen molar-refractivity contribution in [2.45, 2.75) is 290 Å². The molecule has 0 N–H and O–H groups in total. The fraction of sp³-hybridized carbons (Fsp3) is 0.783. The van der Waals surface area contributed by atoms with Crippen LogP contribution in [0.5, 0.6) is 0 Å². The van der Waals surface area contributed by atoms with Gasteiger partial charge in [0, 0.05) is 19.3 Å². The van der Waals surface area contributed by atoms with Crippen LogP contribution in [-0.4, -0.2) is 37.2 Å². The molecule has 0 aromatic carbocycles. The van der Waals surface area contributed by atoms with Gasteiger partial charge in [0.25, 0.3) is 0 Å². The molecule has 0 saturated carbocycles. The van der Waals surface area contributed by atoms with E-state index in [-0.39, 0.29) is 37.5 Å². The van der Waals surface area contributed by atoms with E-state index in [1.807, 2.05) is 0 Å². The first-order valence-corrected chi connectivity index (χ1v) is 28.3. The molecule has 0 amide bonds. The third kappa shape index (κ3) is 52.1. The second-order valence-corrected chi connectivity index (χ2v) is 18.8. The van der Waals surface area contributed by atoms with Crippen molar-refractivity contribution >= 4 is 17.9 Å². The maximum atomic E-state index is 12.8. The first-order valence-electron chi connectivity index (χ1n) is 28.3. The number of carbonyl (C=O) groups is 3. The fourth-order valence-electron chi connectivity index (χ4n) is 8.00. The molecule has 0 aromatic heterocycles. The molecule has 382 valence electrons. The Morgan fingerprint density at radius 1 is 0.318 bits per heavy atom. The van der Waals surface area contributed by atoms with E-state index in [1.165, 1.54) is 154 Å². The van der Waals surface area contributed by atoms with E-state index in [4.69, 9.17) is 14.2 Å². The summed E-state index contributed by atoms with van der Waals surface area (Å²) < 4.78 is 16.8. The van der Waals surface area contributed by atoms with Crippen LogP contribution >= 0.6 is 0 Å². The zero-order valence-electron chi connectivity index (χ0n) is 43.7. The number of hydrogen-bond donors (Lipinski definition) is 0. The summed E-state index contributed by atoms with van der Waals surface area (Å²) in [5.74, 6) is -0.934. The van der Waals surface area contributed by atoms with Gasteiger partial charge in [-0.05, 0) is 77.0 Å². The zero-order chi connectivity index (χ0) is 47.9. The van der Waals surface area contributed by atoms with E-state index in [0.29, 0.717) is 19.3 Å². The Labute approximate surface area is 409 Å². The molecule has 6 nitrogen and oxygen atoms in total. The molecule has 6 heteroatoms. The molecular formula is C60H106O6. The van der Waals surface area contributed by atoms with Crippen LogP contribution in [0.15, 0.2) is 60.8 Å². The minimum atomic E-state index is -0.797. The standard InChI is InChI=1S/C60H106O6/c1-4-7-10-13-16-19-22-24-26-27-28-29-30-31-32-34-35-38-41-44-47-50-53-59(62)65-56-57(55-64-58(61)52-49-46-43-40-37-21-18-15-12-9-6-3)66-60(63)54-51-48-45-42-39-36-33-25-23-20-17-14-11-8-5-2/h8,11,15,17-18,20,25,33,39,42,57H,4-7,9-10,12-14,16,19,21-24,26-32,34-38,40-41,43-56H2,1-3H3/b11-8-,18-15-,20-17-,33-25-,42-39-. The summed E-state index contributed by atoms with van der Waals surface area (Å²) in [6.07, 6.45) is 68.0. The Balaban J connectivity index is 4.30. The van der Waals surface area contributed by atoms with Gasteiger partial charge in [0.15, 0.2) is 6.10 Å². The van der Waals surface area contributed by atoms with Gasteiger partial charge >= 0.3 is 17.9 Å². The smallest absolute Gasteiger partial charge is 0.306 e. The van der Waals surface area contributed by atoms with Crippen molar-refractivity contribution in [3.8, 4) is 0 Å². The second kappa shape index (κ2) is 54.7. The molecule has 0 heterocycles. The lowest BCUT2D eigenvalue weighted by atomic mass is 10.0. The molecule has 0 aliphatic carbocycles. The highest BCUT2D eigenvalue weighted by Gasteiger charge is 2.19. The normalized spacial score (nSPS) is 12.5. The third-order valence-corrected chi connectivity index (χ3v) is 12.3. The summed E-state index contributed by atoms with van der Waals surface area (Å²) in [5, 5.41) is 0. The number of rotatable bonds is 51. The van der Waals surface area contributed by atoms with E-state index in [0.717, 1.165) is 83.5 Å². The van der Waals surface area contributed by atoms with Crippen LogP contribution in [-0.2, 0) is 28.6 Å². The van der Waals surface area contributed by atoms with Crippen LogP contribution < -0.4 is 0 Å². The van der Waals surface area contributed by atoms with Crippen molar-refractivity contribution in [3.63, 3.8) is 0 Å². The Bertz CT molecular complexity index is 1200. The molecule has 0 aliphatic heterocycles.